The normalized spacial score (nSPS) is 10.7. The summed E-state index contributed by atoms with van der Waals surface area (Å²) in [6, 6.07) is 8.06. The van der Waals surface area contributed by atoms with Gasteiger partial charge in [0.25, 0.3) is 0 Å². The fourth-order valence-electron chi connectivity index (χ4n) is 1.33. The van der Waals surface area contributed by atoms with Crippen LogP contribution in [-0.4, -0.2) is 25.2 Å². The number of esters is 1. The minimum Gasteiger partial charge on any atom is -0.462 e. The predicted molar refractivity (Wildman–Crippen MR) is 68.3 cm³/mol. The summed E-state index contributed by atoms with van der Waals surface area (Å²) in [6.45, 7) is 0.141. The van der Waals surface area contributed by atoms with E-state index < -0.39 is 12.0 Å². The van der Waals surface area contributed by atoms with Gasteiger partial charge in [-0.3, -0.25) is 0 Å². The minimum atomic E-state index is -0.510. The molecule has 1 aromatic carbocycles. The van der Waals surface area contributed by atoms with Crippen LogP contribution in [0.3, 0.4) is 0 Å². The van der Waals surface area contributed by atoms with Gasteiger partial charge in [0.1, 0.15) is 0 Å². The molecule has 1 atom stereocenters. The maximum atomic E-state index is 11.6. The van der Waals surface area contributed by atoms with E-state index >= 15 is 0 Å². The first-order chi connectivity index (χ1) is 9.27. The summed E-state index contributed by atoms with van der Waals surface area (Å²) >= 11 is 0. The summed E-state index contributed by atoms with van der Waals surface area (Å²) in [6.07, 6.45) is 0.307. The third kappa shape index (κ3) is 5.45. The lowest BCUT2D eigenvalue weighted by Gasteiger charge is -2.08. The Labute approximate surface area is 109 Å². The smallest absolute Gasteiger partial charge is 0.338 e. The highest BCUT2D eigenvalue weighted by atomic mass is 16.5. The molecule has 0 aliphatic carbocycles. The molecular formula is C11H12N6O2. The molecule has 0 aliphatic heterocycles. The summed E-state index contributed by atoms with van der Waals surface area (Å²) in [5.41, 5.74) is 17.0. The average Bonchev–Trinajstić information content (AvgIpc) is 2.45. The van der Waals surface area contributed by atoms with E-state index in [-0.39, 0.29) is 13.2 Å². The molecule has 0 saturated heterocycles. The van der Waals surface area contributed by atoms with Crippen molar-refractivity contribution in [3.8, 4) is 0 Å². The maximum Gasteiger partial charge on any atom is 0.338 e. The lowest BCUT2D eigenvalue weighted by atomic mass is 10.2. The molecule has 0 heterocycles. The van der Waals surface area contributed by atoms with Gasteiger partial charge in [-0.1, -0.05) is 28.4 Å². The molecule has 0 spiro atoms. The molecule has 0 aliphatic rings. The van der Waals surface area contributed by atoms with Gasteiger partial charge in [-0.15, -0.1) is 0 Å². The fourth-order valence-corrected chi connectivity index (χ4v) is 1.33. The fraction of sp³-hybridized carbons (Fsp3) is 0.364. The van der Waals surface area contributed by atoms with E-state index in [9.17, 15) is 4.79 Å². The van der Waals surface area contributed by atoms with E-state index in [1.165, 1.54) is 0 Å². The molecule has 0 N–H and O–H groups in total. The van der Waals surface area contributed by atoms with Gasteiger partial charge in [0.2, 0.25) is 0 Å². The number of hydrogen-bond donors (Lipinski definition) is 0. The molecule has 0 saturated carbocycles. The Bertz CT molecular complexity index is 505. The molecule has 0 bridgehead atoms. The Morgan fingerprint density at radius 1 is 1.26 bits per heavy atom. The molecule has 0 fully saturated rings. The van der Waals surface area contributed by atoms with E-state index in [1.807, 2.05) is 0 Å². The van der Waals surface area contributed by atoms with Crippen LogP contribution < -0.4 is 0 Å². The van der Waals surface area contributed by atoms with E-state index in [2.05, 4.69) is 20.1 Å². The van der Waals surface area contributed by atoms with Crippen LogP contribution in [0.1, 0.15) is 16.8 Å². The summed E-state index contributed by atoms with van der Waals surface area (Å²) in [5.74, 6) is -0.441. The average molecular weight is 260 g/mol. The molecule has 1 unspecified atom stereocenters. The molecule has 8 nitrogen and oxygen atoms in total. The molecular weight excluding hydrogens is 248 g/mol. The SMILES string of the molecule is [N-]=[N+]=NCC(CCOC(=O)c1ccccc1)N=[N+]=[N-]. The third-order valence-corrected chi connectivity index (χ3v) is 2.26. The van der Waals surface area contributed by atoms with Gasteiger partial charge < -0.3 is 4.74 Å². The van der Waals surface area contributed by atoms with Crippen LogP contribution in [0.5, 0.6) is 0 Å². The molecule has 0 radical (unpaired) electrons. The highest BCUT2D eigenvalue weighted by Crippen LogP contribution is 2.04. The van der Waals surface area contributed by atoms with Crippen molar-refractivity contribution in [1.29, 1.82) is 0 Å². The zero-order valence-corrected chi connectivity index (χ0v) is 10.1. The van der Waals surface area contributed by atoms with E-state index in [1.54, 1.807) is 30.3 Å². The van der Waals surface area contributed by atoms with Crippen molar-refractivity contribution in [1.82, 2.24) is 0 Å². The largest absolute Gasteiger partial charge is 0.462 e. The Balaban J connectivity index is 2.41. The van der Waals surface area contributed by atoms with Crippen LogP contribution >= 0.6 is 0 Å². The number of hydrogen-bond acceptors (Lipinski definition) is 4. The number of carbonyl (C=O) groups excluding carboxylic acids is 1. The number of azide groups is 2. The van der Waals surface area contributed by atoms with Crippen LogP contribution in [0.4, 0.5) is 0 Å². The second kappa shape index (κ2) is 8.41. The van der Waals surface area contributed by atoms with E-state index in [4.69, 9.17) is 15.8 Å². The standard InChI is InChI=1S/C11H12N6O2/c12-16-14-8-10(15-17-13)6-7-19-11(18)9-4-2-1-3-5-9/h1-5,10H,6-8H2. The number of benzene rings is 1. The highest BCUT2D eigenvalue weighted by Gasteiger charge is 2.09. The summed E-state index contributed by atoms with van der Waals surface area (Å²) in [7, 11) is 0. The van der Waals surface area contributed by atoms with Gasteiger partial charge in [-0.25, -0.2) is 4.79 Å². The Morgan fingerprint density at radius 2 is 2.00 bits per heavy atom. The van der Waals surface area contributed by atoms with Gasteiger partial charge >= 0.3 is 5.97 Å². The van der Waals surface area contributed by atoms with Crippen molar-refractivity contribution in [2.45, 2.75) is 12.5 Å². The molecule has 0 aromatic heterocycles. The summed E-state index contributed by atoms with van der Waals surface area (Å²) < 4.78 is 5.03. The number of carbonyl (C=O) groups is 1. The first kappa shape index (κ1) is 14.4. The molecule has 1 rings (SSSR count). The topological polar surface area (TPSA) is 124 Å². The number of nitrogens with zero attached hydrogens (tertiary/aromatic N) is 6. The zero-order valence-electron chi connectivity index (χ0n) is 10.1. The van der Waals surface area contributed by atoms with Gasteiger partial charge in [0, 0.05) is 22.4 Å². The minimum absolute atomic E-state index is 0.0451. The molecule has 1 aromatic rings. The molecule has 8 heteroatoms. The second-order valence-corrected chi connectivity index (χ2v) is 3.56. The first-order valence-electron chi connectivity index (χ1n) is 5.55. The summed E-state index contributed by atoms with van der Waals surface area (Å²) in [5, 5.41) is 6.78. The highest BCUT2D eigenvalue weighted by molar-refractivity contribution is 5.89. The van der Waals surface area contributed by atoms with Crippen molar-refractivity contribution < 1.29 is 9.53 Å². The van der Waals surface area contributed by atoms with Crippen LogP contribution in [0.15, 0.2) is 40.6 Å². The molecule has 19 heavy (non-hydrogen) atoms. The Kier molecular flexibility index (Phi) is 6.36. The monoisotopic (exact) mass is 260 g/mol. The van der Waals surface area contributed by atoms with Crippen molar-refractivity contribution in [2.75, 3.05) is 13.2 Å². The quantitative estimate of drug-likeness (QED) is 0.323. The first-order valence-corrected chi connectivity index (χ1v) is 5.55. The second-order valence-electron chi connectivity index (χ2n) is 3.56. The number of rotatable bonds is 7. The van der Waals surface area contributed by atoms with Crippen molar-refractivity contribution in [2.24, 2.45) is 10.2 Å². The Hall–Kier alpha value is -2.69. The van der Waals surface area contributed by atoms with Gasteiger partial charge in [0.15, 0.2) is 0 Å². The molecule has 0 amide bonds. The summed E-state index contributed by atoms with van der Waals surface area (Å²) in [4.78, 5) is 16.8. The van der Waals surface area contributed by atoms with Crippen molar-refractivity contribution in [3.63, 3.8) is 0 Å². The van der Waals surface area contributed by atoms with Crippen LogP contribution in [0.2, 0.25) is 0 Å². The van der Waals surface area contributed by atoms with E-state index in [0.717, 1.165) is 0 Å². The predicted octanol–water partition coefficient (Wildman–Crippen LogP) is 3.22. The van der Waals surface area contributed by atoms with Gasteiger partial charge in [-0.05, 0) is 29.6 Å². The van der Waals surface area contributed by atoms with Crippen molar-refractivity contribution >= 4 is 5.97 Å². The van der Waals surface area contributed by atoms with Gasteiger partial charge in [-0.2, -0.15) is 0 Å². The van der Waals surface area contributed by atoms with Gasteiger partial charge in [0.05, 0.1) is 12.2 Å². The van der Waals surface area contributed by atoms with Crippen LogP contribution in [-0.2, 0) is 4.74 Å². The van der Waals surface area contributed by atoms with Crippen LogP contribution in [0, 0.1) is 0 Å². The lowest BCUT2D eigenvalue weighted by Crippen LogP contribution is -2.14. The zero-order chi connectivity index (χ0) is 13.9. The lowest BCUT2D eigenvalue weighted by molar-refractivity contribution is 0.0494. The van der Waals surface area contributed by atoms with Crippen LogP contribution in [0.25, 0.3) is 20.9 Å². The maximum absolute atomic E-state index is 11.6. The number of ether oxygens (including phenoxy) is 1. The van der Waals surface area contributed by atoms with Crippen molar-refractivity contribution in [3.05, 3.63) is 56.8 Å². The van der Waals surface area contributed by atoms with E-state index in [0.29, 0.717) is 12.0 Å². The third-order valence-electron chi connectivity index (χ3n) is 2.26. The Morgan fingerprint density at radius 3 is 2.63 bits per heavy atom. The molecule has 98 valence electrons.